The molecule has 142 valence electrons. The minimum Gasteiger partial charge on any atom is -0.443 e. The first kappa shape index (κ1) is 19.0. The van der Waals surface area contributed by atoms with Crippen molar-refractivity contribution in [1.82, 2.24) is 15.6 Å². The van der Waals surface area contributed by atoms with Gasteiger partial charge in [-0.3, -0.25) is 4.99 Å². The number of thiophene rings is 1. The lowest BCUT2D eigenvalue weighted by Crippen LogP contribution is -2.36. The Morgan fingerprint density at radius 1 is 1.15 bits per heavy atom. The van der Waals surface area contributed by atoms with Gasteiger partial charge in [0.25, 0.3) is 0 Å². The van der Waals surface area contributed by atoms with Crippen molar-refractivity contribution in [3.63, 3.8) is 0 Å². The van der Waals surface area contributed by atoms with E-state index < -0.39 is 11.7 Å². The van der Waals surface area contributed by atoms with Gasteiger partial charge in [0.05, 0.1) is 22.7 Å². The van der Waals surface area contributed by atoms with E-state index in [0.717, 1.165) is 22.7 Å². The average molecular weight is 394 g/mol. The Morgan fingerprint density at radius 2 is 1.89 bits per heavy atom. The maximum Gasteiger partial charge on any atom is 0.416 e. The van der Waals surface area contributed by atoms with Crippen LogP contribution in [0.25, 0.3) is 10.8 Å². The van der Waals surface area contributed by atoms with Gasteiger partial charge >= 0.3 is 6.18 Å². The first-order valence-corrected chi connectivity index (χ1v) is 8.92. The Bertz CT molecular complexity index is 886. The normalized spacial score (nSPS) is 12.2. The summed E-state index contributed by atoms with van der Waals surface area (Å²) >= 11 is 1.54. The molecule has 2 aromatic heterocycles. The summed E-state index contributed by atoms with van der Waals surface area (Å²) in [6.45, 7) is 0.749. The quantitative estimate of drug-likeness (QED) is 0.501. The molecule has 0 saturated carbocycles. The summed E-state index contributed by atoms with van der Waals surface area (Å²) in [7, 11) is 1.61. The molecule has 27 heavy (non-hydrogen) atoms. The second-order valence-electron chi connectivity index (χ2n) is 5.60. The monoisotopic (exact) mass is 394 g/mol. The van der Waals surface area contributed by atoms with Crippen LogP contribution >= 0.6 is 11.3 Å². The van der Waals surface area contributed by atoms with Gasteiger partial charge in [0.15, 0.2) is 5.96 Å². The number of alkyl halides is 3. The molecular weight excluding hydrogens is 377 g/mol. The molecule has 9 heteroatoms. The molecule has 1 aromatic carbocycles. The third-order valence-electron chi connectivity index (χ3n) is 3.69. The van der Waals surface area contributed by atoms with Crippen LogP contribution in [0.2, 0.25) is 0 Å². The number of rotatable bonds is 5. The fraction of sp³-hybridized carbons (Fsp3) is 0.222. The molecule has 5 nitrogen and oxygen atoms in total. The smallest absolute Gasteiger partial charge is 0.416 e. The van der Waals surface area contributed by atoms with Crippen LogP contribution in [0.4, 0.5) is 13.2 Å². The first-order valence-electron chi connectivity index (χ1n) is 8.04. The van der Waals surface area contributed by atoms with Crippen molar-refractivity contribution in [1.29, 1.82) is 0 Å². The Morgan fingerprint density at radius 3 is 2.52 bits per heavy atom. The zero-order valence-electron chi connectivity index (χ0n) is 14.4. The van der Waals surface area contributed by atoms with Gasteiger partial charge in [-0.1, -0.05) is 18.2 Å². The van der Waals surface area contributed by atoms with Crippen LogP contribution in [0.5, 0.6) is 0 Å². The summed E-state index contributed by atoms with van der Waals surface area (Å²) in [5.74, 6) is 1.07. The highest BCUT2D eigenvalue weighted by Gasteiger charge is 2.29. The summed E-state index contributed by atoms with van der Waals surface area (Å²) in [4.78, 5) is 9.44. The van der Waals surface area contributed by atoms with Crippen LogP contribution in [0, 0.1) is 0 Å². The lowest BCUT2D eigenvalue weighted by atomic mass is 10.1. The number of aromatic nitrogens is 1. The van der Waals surface area contributed by atoms with E-state index in [0.29, 0.717) is 30.5 Å². The number of hydrogen-bond donors (Lipinski definition) is 2. The Labute approximate surface area is 158 Å². The highest BCUT2D eigenvalue weighted by atomic mass is 32.1. The van der Waals surface area contributed by atoms with Crippen LogP contribution in [0.15, 0.2) is 57.5 Å². The van der Waals surface area contributed by atoms with Crippen molar-refractivity contribution in [2.45, 2.75) is 19.3 Å². The molecule has 2 heterocycles. The summed E-state index contributed by atoms with van der Waals surface area (Å²) in [6.07, 6.45) is -2.76. The summed E-state index contributed by atoms with van der Waals surface area (Å²) in [5.41, 5.74) is 0.768. The second-order valence-corrected chi connectivity index (χ2v) is 6.54. The third-order valence-corrected chi connectivity index (χ3v) is 4.54. The molecule has 0 fully saturated rings. The predicted molar refractivity (Wildman–Crippen MR) is 98.3 cm³/mol. The average Bonchev–Trinajstić information content (AvgIpc) is 3.33. The molecule has 0 bridgehead atoms. The lowest BCUT2D eigenvalue weighted by Gasteiger charge is -2.12. The molecule has 0 atom stereocenters. The van der Waals surface area contributed by atoms with Gasteiger partial charge in [-0.15, -0.1) is 11.3 Å². The molecule has 3 aromatic rings. The maximum atomic E-state index is 12.6. The number of benzene rings is 1. The Kier molecular flexibility index (Phi) is 5.80. The summed E-state index contributed by atoms with van der Waals surface area (Å²) < 4.78 is 43.2. The Hall–Kier alpha value is -2.81. The molecule has 0 aliphatic rings. The van der Waals surface area contributed by atoms with Gasteiger partial charge in [-0.25, -0.2) is 4.98 Å². The predicted octanol–water partition coefficient (Wildman–Crippen LogP) is 4.29. The van der Waals surface area contributed by atoms with Crippen molar-refractivity contribution in [3.05, 3.63) is 64.9 Å². The number of guanidine groups is 1. The molecule has 3 rings (SSSR count). The maximum absolute atomic E-state index is 12.6. The Balaban J connectivity index is 1.51. The second kappa shape index (κ2) is 8.26. The van der Waals surface area contributed by atoms with E-state index in [-0.39, 0.29) is 0 Å². The van der Waals surface area contributed by atoms with E-state index in [1.54, 1.807) is 24.6 Å². The molecule has 0 aliphatic carbocycles. The fourth-order valence-electron chi connectivity index (χ4n) is 2.29. The topological polar surface area (TPSA) is 62.5 Å². The minimum atomic E-state index is -4.33. The molecule has 0 spiro atoms. The van der Waals surface area contributed by atoms with Gasteiger partial charge < -0.3 is 15.1 Å². The SMILES string of the molecule is CN=C(NCc1ccc(C(F)(F)F)cc1)NCc1coc(-c2cccs2)n1. The van der Waals surface area contributed by atoms with E-state index in [1.165, 1.54) is 12.1 Å². The molecule has 2 N–H and O–H groups in total. The largest absolute Gasteiger partial charge is 0.443 e. The van der Waals surface area contributed by atoms with Crippen molar-refractivity contribution in [2.24, 2.45) is 4.99 Å². The molecule has 0 unspecified atom stereocenters. The number of halogens is 3. The molecule has 0 radical (unpaired) electrons. The number of nitrogens with zero attached hydrogens (tertiary/aromatic N) is 2. The van der Waals surface area contributed by atoms with Crippen LogP contribution in [0.3, 0.4) is 0 Å². The fourth-order valence-corrected chi connectivity index (χ4v) is 2.95. The van der Waals surface area contributed by atoms with Crippen LogP contribution in [-0.2, 0) is 19.3 Å². The highest BCUT2D eigenvalue weighted by Crippen LogP contribution is 2.29. The van der Waals surface area contributed by atoms with Crippen LogP contribution in [-0.4, -0.2) is 18.0 Å². The highest BCUT2D eigenvalue weighted by molar-refractivity contribution is 7.13. The van der Waals surface area contributed by atoms with E-state index in [1.807, 2.05) is 17.5 Å². The number of nitrogens with one attached hydrogen (secondary N) is 2. The first-order chi connectivity index (χ1) is 13.0. The van der Waals surface area contributed by atoms with Crippen molar-refractivity contribution >= 4 is 17.3 Å². The minimum absolute atomic E-state index is 0.344. The van der Waals surface area contributed by atoms with E-state index in [4.69, 9.17) is 4.42 Å². The molecule has 0 aliphatic heterocycles. The molecule has 0 amide bonds. The number of oxazole rings is 1. The van der Waals surface area contributed by atoms with Gasteiger partial charge in [0.2, 0.25) is 5.89 Å². The number of hydrogen-bond acceptors (Lipinski definition) is 4. The zero-order chi connectivity index (χ0) is 19.3. The third kappa shape index (κ3) is 5.10. The molecular formula is C18H17F3N4OS. The zero-order valence-corrected chi connectivity index (χ0v) is 15.2. The standard InChI is InChI=1S/C18H17F3N4OS/c1-22-17(23-9-12-4-6-13(7-5-12)18(19,20)21)24-10-14-11-26-16(25-14)15-3-2-8-27-15/h2-8,11H,9-10H2,1H3,(H2,22,23,24). The van der Waals surface area contributed by atoms with Gasteiger partial charge in [0, 0.05) is 13.6 Å². The van der Waals surface area contributed by atoms with E-state index in [2.05, 4.69) is 20.6 Å². The van der Waals surface area contributed by atoms with Crippen molar-refractivity contribution < 1.29 is 17.6 Å². The van der Waals surface area contributed by atoms with E-state index >= 15 is 0 Å². The molecule has 0 saturated heterocycles. The van der Waals surface area contributed by atoms with Gasteiger partial charge in [-0.2, -0.15) is 13.2 Å². The van der Waals surface area contributed by atoms with Gasteiger partial charge in [0.1, 0.15) is 6.26 Å². The van der Waals surface area contributed by atoms with Crippen LogP contribution < -0.4 is 10.6 Å². The van der Waals surface area contributed by atoms with Gasteiger partial charge in [-0.05, 0) is 29.1 Å². The van der Waals surface area contributed by atoms with Crippen LogP contribution in [0.1, 0.15) is 16.8 Å². The summed E-state index contributed by atoms with van der Waals surface area (Å²) in [5, 5.41) is 8.09. The summed E-state index contributed by atoms with van der Waals surface area (Å²) in [6, 6.07) is 8.86. The van der Waals surface area contributed by atoms with E-state index in [9.17, 15) is 13.2 Å². The lowest BCUT2D eigenvalue weighted by molar-refractivity contribution is -0.137. The number of aliphatic imine (C=N–C) groups is 1. The van der Waals surface area contributed by atoms with Crippen molar-refractivity contribution in [3.8, 4) is 10.8 Å². The van der Waals surface area contributed by atoms with Crippen molar-refractivity contribution in [2.75, 3.05) is 7.05 Å².